The highest BCUT2D eigenvalue weighted by atomic mass is 35.5. The van der Waals surface area contributed by atoms with Crippen molar-refractivity contribution in [3.05, 3.63) is 34.9 Å². The van der Waals surface area contributed by atoms with Crippen LogP contribution in [0.15, 0.2) is 24.3 Å². The average molecular weight is 375 g/mol. The smallest absolute Gasteiger partial charge is 0.241 e. The molecule has 8 heteroatoms. The number of carbonyl (C=O) groups is 1. The Labute approximate surface area is 148 Å². The molecule has 1 aliphatic heterocycles. The quantitative estimate of drug-likeness (QED) is 0.821. The molecule has 0 radical (unpaired) electrons. The molecule has 1 N–H and O–H groups in total. The van der Waals surface area contributed by atoms with E-state index in [1.165, 1.54) is 0 Å². The van der Waals surface area contributed by atoms with Crippen LogP contribution in [0.3, 0.4) is 0 Å². The van der Waals surface area contributed by atoms with Crippen LogP contribution in [0.1, 0.15) is 19.4 Å². The fraction of sp³-hybridized carbons (Fsp3) is 0.562. The van der Waals surface area contributed by atoms with Crippen molar-refractivity contribution < 1.29 is 17.9 Å². The van der Waals surface area contributed by atoms with E-state index in [1.54, 1.807) is 29.2 Å². The van der Waals surface area contributed by atoms with Gasteiger partial charge >= 0.3 is 0 Å². The lowest BCUT2D eigenvalue weighted by molar-refractivity contribution is -0.138. The van der Waals surface area contributed by atoms with Crippen molar-refractivity contribution in [3.63, 3.8) is 0 Å². The van der Waals surface area contributed by atoms with Gasteiger partial charge in [-0.15, -0.1) is 0 Å². The highest BCUT2D eigenvalue weighted by Crippen LogP contribution is 2.18. The lowest BCUT2D eigenvalue weighted by atomic mass is 10.0. The maximum Gasteiger partial charge on any atom is 0.241 e. The van der Waals surface area contributed by atoms with E-state index >= 15 is 0 Å². The predicted molar refractivity (Wildman–Crippen MR) is 93.2 cm³/mol. The molecular formula is C16H23ClN2O4S. The average Bonchev–Trinajstić information content (AvgIpc) is 2.55. The number of hydrogen-bond acceptors (Lipinski definition) is 4. The van der Waals surface area contributed by atoms with Gasteiger partial charge in [0.1, 0.15) is 6.04 Å². The van der Waals surface area contributed by atoms with Crippen LogP contribution in [0, 0.1) is 5.92 Å². The standard InChI is InChI=1S/C16H23ClN2O4S/c1-12(2)15(16(20)19-7-9-23-10-8-19)18-24(21,22)11-13-5-3-4-6-14(13)17/h3-6,12,15,18H,7-11H2,1-2H3/t15-/m1/s1. The molecule has 1 aliphatic rings. The summed E-state index contributed by atoms with van der Waals surface area (Å²) >= 11 is 6.03. The number of carbonyl (C=O) groups excluding carboxylic acids is 1. The second kappa shape index (κ2) is 8.29. The Morgan fingerprint density at radius 1 is 1.29 bits per heavy atom. The van der Waals surface area contributed by atoms with E-state index < -0.39 is 16.1 Å². The minimum atomic E-state index is -3.70. The number of nitrogens with one attached hydrogen (secondary N) is 1. The first-order valence-corrected chi connectivity index (χ1v) is 9.93. The predicted octanol–water partition coefficient (Wildman–Crippen LogP) is 1.64. The van der Waals surface area contributed by atoms with Crippen LogP contribution in [0.5, 0.6) is 0 Å². The molecule has 1 heterocycles. The van der Waals surface area contributed by atoms with E-state index in [-0.39, 0.29) is 17.6 Å². The van der Waals surface area contributed by atoms with Crippen LogP contribution in [0.4, 0.5) is 0 Å². The van der Waals surface area contributed by atoms with E-state index in [0.29, 0.717) is 36.9 Å². The number of rotatable bonds is 6. The van der Waals surface area contributed by atoms with E-state index in [9.17, 15) is 13.2 Å². The van der Waals surface area contributed by atoms with Gasteiger partial charge in [0.15, 0.2) is 0 Å². The van der Waals surface area contributed by atoms with Crippen LogP contribution in [-0.4, -0.2) is 51.6 Å². The lowest BCUT2D eigenvalue weighted by Gasteiger charge is -2.32. The molecule has 0 saturated carbocycles. The molecule has 0 aromatic heterocycles. The Bertz CT molecular complexity index is 672. The zero-order chi connectivity index (χ0) is 17.7. The topological polar surface area (TPSA) is 75.7 Å². The number of benzene rings is 1. The van der Waals surface area contributed by atoms with Gasteiger partial charge in [0.05, 0.1) is 19.0 Å². The fourth-order valence-electron chi connectivity index (χ4n) is 2.51. The Morgan fingerprint density at radius 3 is 2.50 bits per heavy atom. The van der Waals surface area contributed by atoms with Crippen LogP contribution >= 0.6 is 11.6 Å². The first-order valence-electron chi connectivity index (χ1n) is 7.90. The van der Waals surface area contributed by atoms with Gasteiger partial charge < -0.3 is 9.64 Å². The van der Waals surface area contributed by atoms with E-state index in [4.69, 9.17) is 16.3 Å². The summed E-state index contributed by atoms with van der Waals surface area (Å²) in [5, 5.41) is 0.392. The van der Waals surface area contributed by atoms with Gasteiger partial charge in [-0.1, -0.05) is 43.6 Å². The maximum absolute atomic E-state index is 12.7. The van der Waals surface area contributed by atoms with Crippen molar-refractivity contribution >= 4 is 27.5 Å². The number of sulfonamides is 1. The summed E-state index contributed by atoms with van der Waals surface area (Å²) in [6.45, 7) is 5.55. The second-order valence-corrected chi connectivity index (χ2v) is 8.29. The van der Waals surface area contributed by atoms with Crippen molar-refractivity contribution in [2.45, 2.75) is 25.6 Å². The second-order valence-electron chi connectivity index (χ2n) is 6.13. The SMILES string of the molecule is CC(C)[C@@H](NS(=O)(=O)Cc1ccccc1Cl)C(=O)N1CCOCC1. The molecule has 1 atom stereocenters. The monoisotopic (exact) mass is 374 g/mol. The van der Waals surface area contributed by atoms with Gasteiger partial charge in [-0.3, -0.25) is 4.79 Å². The Balaban J connectivity index is 2.11. The van der Waals surface area contributed by atoms with Crippen molar-refractivity contribution in [2.24, 2.45) is 5.92 Å². The molecule has 1 amide bonds. The Hall–Kier alpha value is -1.15. The van der Waals surface area contributed by atoms with Gasteiger partial charge in [-0.25, -0.2) is 13.1 Å². The summed E-state index contributed by atoms with van der Waals surface area (Å²) in [7, 11) is -3.70. The fourth-order valence-corrected chi connectivity index (χ4v) is 4.29. The molecule has 0 aliphatic carbocycles. The Morgan fingerprint density at radius 2 is 1.92 bits per heavy atom. The molecule has 0 bridgehead atoms. The van der Waals surface area contributed by atoms with Crippen molar-refractivity contribution in [2.75, 3.05) is 26.3 Å². The molecule has 1 aromatic rings. The van der Waals surface area contributed by atoms with Crippen LogP contribution < -0.4 is 4.72 Å². The molecule has 1 fully saturated rings. The number of morpholine rings is 1. The largest absolute Gasteiger partial charge is 0.378 e. The molecule has 0 unspecified atom stereocenters. The minimum absolute atomic E-state index is 0.165. The van der Waals surface area contributed by atoms with Crippen molar-refractivity contribution in [1.82, 2.24) is 9.62 Å². The molecule has 6 nitrogen and oxygen atoms in total. The van der Waals surface area contributed by atoms with Crippen LogP contribution in [0.2, 0.25) is 5.02 Å². The van der Waals surface area contributed by atoms with Crippen molar-refractivity contribution in [1.29, 1.82) is 0 Å². The highest BCUT2D eigenvalue weighted by molar-refractivity contribution is 7.88. The van der Waals surface area contributed by atoms with E-state index in [1.807, 2.05) is 13.8 Å². The van der Waals surface area contributed by atoms with Crippen molar-refractivity contribution in [3.8, 4) is 0 Å². The zero-order valence-corrected chi connectivity index (χ0v) is 15.4. The third kappa shape index (κ3) is 5.17. The van der Waals surface area contributed by atoms with Gasteiger partial charge in [0, 0.05) is 18.1 Å². The first kappa shape index (κ1) is 19.2. The maximum atomic E-state index is 12.7. The summed E-state index contributed by atoms with van der Waals surface area (Å²) in [5.41, 5.74) is 0.507. The van der Waals surface area contributed by atoms with Crippen LogP contribution in [0.25, 0.3) is 0 Å². The normalized spacial score (nSPS) is 17.1. The molecule has 24 heavy (non-hydrogen) atoms. The summed E-state index contributed by atoms with van der Waals surface area (Å²) < 4.78 is 32.8. The highest BCUT2D eigenvalue weighted by Gasteiger charge is 2.31. The van der Waals surface area contributed by atoms with E-state index in [0.717, 1.165) is 0 Å². The van der Waals surface area contributed by atoms with E-state index in [2.05, 4.69) is 4.72 Å². The summed E-state index contributed by atoms with van der Waals surface area (Å²) in [6.07, 6.45) is 0. The summed E-state index contributed by atoms with van der Waals surface area (Å²) in [5.74, 6) is -0.635. The minimum Gasteiger partial charge on any atom is -0.378 e. The third-order valence-electron chi connectivity index (χ3n) is 3.87. The number of ether oxygens (including phenoxy) is 1. The molecular weight excluding hydrogens is 352 g/mol. The summed E-state index contributed by atoms with van der Waals surface area (Å²) in [6, 6.07) is 5.98. The van der Waals surface area contributed by atoms with Crippen LogP contribution in [-0.2, 0) is 25.3 Å². The van der Waals surface area contributed by atoms with Gasteiger partial charge in [0.2, 0.25) is 15.9 Å². The molecule has 1 saturated heterocycles. The molecule has 2 rings (SSSR count). The van der Waals surface area contributed by atoms with Gasteiger partial charge in [-0.2, -0.15) is 0 Å². The summed E-state index contributed by atoms with van der Waals surface area (Å²) in [4.78, 5) is 14.3. The number of amides is 1. The number of nitrogens with zero attached hydrogens (tertiary/aromatic N) is 1. The molecule has 0 spiro atoms. The van der Waals surface area contributed by atoms with Gasteiger partial charge in [-0.05, 0) is 17.5 Å². The molecule has 134 valence electrons. The third-order valence-corrected chi connectivity index (χ3v) is 5.54. The number of halogens is 1. The zero-order valence-electron chi connectivity index (χ0n) is 13.9. The van der Waals surface area contributed by atoms with Gasteiger partial charge in [0.25, 0.3) is 0 Å². The Kier molecular flexibility index (Phi) is 6.62. The number of hydrogen-bond donors (Lipinski definition) is 1. The lowest BCUT2D eigenvalue weighted by Crippen LogP contribution is -2.53. The molecule has 1 aromatic carbocycles. The first-order chi connectivity index (χ1) is 11.3.